The molecule has 2 aromatic carbocycles. The molecular formula is C26H25N3O4. The molecule has 7 heteroatoms. The van der Waals surface area contributed by atoms with Crippen LogP contribution in [0, 0.1) is 0 Å². The number of amides is 1. The van der Waals surface area contributed by atoms with Gasteiger partial charge in [0.15, 0.2) is 11.9 Å². The monoisotopic (exact) mass is 443 g/mol. The van der Waals surface area contributed by atoms with Crippen LogP contribution in [-0.4, -0.2) is 27.8 Å². The number of carbonyl (C=O) groups excluding carboxylic acids is 2. The van der Waals surface area contributed by atoms with E-state index in [4.69, 9.17) is 9.47 Å². The zero-order chi connectivity index (χ0) is 23.0. The Kier molecular flexibility index (Phi) is 6.99. The fourth-order valence-electron chi connectivity index (χ4n) is 3.49. The summed E-state index contributed by atoms with van der Waals surface area (Å²) < 4.78 is 11.6. The van der Waals surface area contributed by atoms with Crippen molar-refractivity contribution in [3.8, 4) is 5.75 Å². The van der Waals surface area contributed by atoms with E-state index in [0.29, 0.717) is 23.3 Å². The minimum atomic E-state index is -0.633. The van der Waals surface area contributed by atoms with Crippen LogP contribution in [0.3, 0.4) is 0 Å². The van der Waals surface area contributed by atoms with Gasteiger partial charge in [0.2, 0.25) is 6.23 Å². The van der Waals surface area contributed by atoms with Gasteiger partial charge in [-0.15, -0.1) is 0 Å². The highest BCUT2D eigenvalue weighted by Gasteiger charge is 2.28. The third-order valence-corrected chi connectivity index (χ3v) is 5.17. The minimum Gasteiger partial charge on any atom is -0.481 e. The summed E-state index contributed by atoms with van der Waals surface area (Å²) in [5, 5.41) is 1.59. The number of hydrogen-bond acceptors (Lipinski definition) is 6. The average Bonchev–Trinajstić information content (AvgIpc) is 3.32. The second kappa shape index (κ2) is 10.5. The quantitative estimate of drug-likeness (QED) is 0.494. The average molecular weight is 444 g/mol. The van der Waals surface area contributed by atoms with Gasteiger partial charge in [0, 0.05) is 29.1 Å². The Balaban J connectivity index is 1.43. The van der Waals surface area contributed by atoms with Crippen molar-refractivity contribution in [1.29, 1.82) is 0 Å². The molecule has 0 saturated heterocycles. The molecule has 0 fully saturated rings. The number of pyridine rings is 1. The Bertz CT molecular complexity index is 1100. The highest BCUT2D eigenvalue weighted by atomic mass is 16.5. The zero-order valence-electron chi connectivity index (χ0n) is 18.3. The summed E-state index contributed by atoms with van der Waals surface area (Å²) in [6, 6.07) is 19.8. The molecule has 0 radical (unpaired) electrons. The molecule has 2 heterocycles. The maximum atomic E-state index is 13.0. The Morgan fingerprint density at radius 1 is 1.06 bits per heavy atom. The lowest BCUT2D eigenvalue weighted by atomic mass is 10.0. The molecular weight excluding hydrogens is 418 g/mol. The fraction of sp³-hybridized carbons (Fsp3) is 0.192. The summed E-state index contributed by atoms with van der Waals surface area (Å²) >= 11 is 0. The summed E-state index contributed by atoms with van der Waals surface area (Å²) in [6.45, 7) is 2.00. The van der Waals surface area contributed by atoms with E-state index in [9.17, 15) is 9.59 Å². The third-order valence-electron chi connectivity index (χ3n) is 5.17. The van der Waals surface area contributed by atoms with E-state index < -0.39 is 12.3 Å². The van der Waals surface area contributed by atoms with Gasteiger partial charge < -0.3 is 9.47 Å². The van der Waals surface area contributed by atoms with Gasteiger partial charge in [-0.25, -0.2) is 5.01 Å². The molecule has 1 amide bonds. The van der Waals surface area contributed by atoms with Crippen LogP contribution in [0.4, 0.5) is 0 Å². The second-order valence-electron chi connectivity index (χ2n) is 7.56. The summed E-state index contributed by atoms with van der Waals surface area (Å²) in [5.74, 6) is 0.278. The van der Waals surface area contributed by atoms with E-state index in [0.717, 1.165) is 12.0 Å². The molecule has 0 saturated carbocycles. The lowest BCUT2D eigenvalue weighted by Crippen LogP contribution is -2.46. The normalized spacial score (nSPS) is 15.5. The largest absolute Gasteiger partial charge is 0.481 e. The number of rotatable bonds is 9. The molecule has 168 valence electrons. The number of carbonyl (C=O) groups is 2. The van der Waals surface area contributed by atoms with Gasteiger partial charge >= 0.3 is 0 Å². The van der Waals surface area contributed by atoms with Crippen molar-refractivity contribution in [1.82, 2.24) is 15.4 Å². The summed E-state index contributed by atoms with van der Waals surface area (Å²) in [5.41, 5.74) is 4.74. The SMILES string of the molecule is CCCC(Oc1ccccc1)C(=O)NN1C=COC1c1ccc(C(=O)c2cccnc2)cc1. The van der Waals surface area contributed by atoms with Gasteiger partial charge in [0.1, 0.15) is 12.0 Å². The van der Waals surface area contributed by atoms with Crippen molar-refractivity contribution in [2.24, 2.45) is 0 Å². The topological polar surface area (TPSA) is 80.8 Å². The highest BCUT2D eigenvalue weighted by Crippen LogP contribution is 2.27. The number of aromatic nitrogens is 1. The number of nitrogens with one attached hydrogen (secondary N) is 1. The number of nitrogens with zero attached hydrogens (tertiary/aromatic N) is 2. The molecule has 1 aromatic heterocycles. The van der Waals surface area contributed by atoms with Crippen LogP contribution in [0.15, 0.2) is 91.6 Å². The van der Waals surface area contributed by atoms with Crippen LogP contribution in [0.5, 0.6) is 5.75 Å². The van der Waals surface area contributed by atoms with E-state index >= 15 is 0 Å². The smallest absolute Gasteiger partial charge is 0.279 e. The maximum absolute atomic E-state index is 13.0. The molecule has 1 aliphatic heterocycles. The molecule has 0 spiro atoms. The number of para-hydroxylation sites is 1. The molecule has 1 aliphatic rings. The van der Waals surface area contributed by atoms with Gasteiger partial charge in [-0.05, 0) is 30.7 Å². The first-order chi connectivity index (χ1) is 16.2. The molecule has 7 nitrogen and oxygen atoms in total. The van der Waals surface area contributed by atoms with E-state index in [2.05, 4.69) is 10.4 Å². The van der Waals surface area contributed by atoms with Crippen molar-refractivity contribution in [3.05, 3.63) is 108 Å². The highest BCUT2D eigenvalue weighted by molar-refractivity contribution is 6.08. The summed E-state index contributed by atoms with van der Waals surface area (Å²) in [6.07, 6.45) is 6.55. The molecule has 3 aromatic rings. The van der Waals surface area contributed by atoms with Crippen LogP contribution in [0.25, 0.3) is 0 Å². The van der Waals surface area contributed by atoms with Crippen molar-refractivity contribution in [2.75, 3.05) is 0 Å². The van der Waals surface area contributed by atoms with E-state index in [1.807, 2.05) is 49.4 Å². The minimum absolute atomic E-state index is 0.106. The molecule has 2 atom stereocenters. The Morgan fingerprint density at radius 2 is 1.85 bits per heavy atom. The summed E-state index contributed by atoms with van der Waals surface area (Å²) in [4.78, 5) is 29.6. The lowest BCUT2D eigenvalue weighted by molar-refractivity contribution is -0.135. The fourth-order valence-corrected chi connectivity index (χ4v) is 3.49. The number of ketones is 1. The van der Waals surface area contributed by atoms with Gasteiger partial charge in [-0.2, -0.15) is 0 Å². The molecule has 0 aliphatic carbocycles. The Labute approximate surface area is 192 Å². The lowest BCUT2D eigenvalue weighted by Gasteiger charge is -2.27. The first-order valence-electron chi connectivity index (χ1n) is 10.8. The van der Waals surface area contributed by atoms with Crippen LogP contribution < -0.4 is 10.2 Å². The number of benzene rings is 2. The molecule has 1 N–H and O–H groups in total. The van der Waals surface area contributed by atoms with Crippen LogP contribution in [0.1, 0.15) is 47.5 Å². The molecule has 33 heavy (non-hydrogen) atoms. The Morgan fingerprint density at radius 3 is 2.55 bits per heavy atom. The van der Waals surface area contributed by atoms with Gasteiger partial charge in [0.05, 0.1) is 6.20 Å². The number of ether oxygens (including phenoxy) is 2. The number of hydrogen-bond donors (Lipinski definition) is 1. The van der Waals surface area contributed by atoms with Crippen LogP contribution >= 0.6 is 0 Å². The summed E-state index contributed by atoms with van der Waals surface area (Å²) in [7, 11) is 0. The van der Waals surface area contributed by atoms with E-state index in [-0.39, 0.29) is 11.7 Å². The van der Waals surface area contributed by atoms with Crippen molar-refractivity contribution in [3.63, 3.8) is 0 Å². The van der Waals surface area contributed by atoms with E-state index in [1.165, 1.54) is 6.26 Å². The van der Waals surface area contributed by atoms with Gasteiger partial charge in [0.25, 0.3) is 5.91 Å². The molecule has 0 bridgehead atoms. The Hall–Kier alpha value is -4.13. The van der Waals surface area contributed by atoms with Crippen molar-refractivity contribution >= 4 is 11.7 Å². The maximum Gasteiger partial charge on any atom is 0.279 e. The van der Waals surface area contributed by atoms with Gasteiger partial charge in [-0.1, -0.05) is 55.8 Å². The van der Waals surface area contributed by atoms with Crippen LogP contribution in [0.2, 0.25) is 0 Å². The number of hydrazine groups is 1. The van der Waals surface area contributed by atoms with Crippen molar-refractivity contribution < 1.29 is 19.1 Å². The third kappa shape index (κ3) is 5.38. The molecule has 4 rings (SSSR count). The standard InChI is InChI=1S/C26H25N3O4/c1-2-7-23(33-22-9-4-3-5-10-22)25(31)28-29-16-17-32-26(29)20-13-11-19(12-14-20)24(30)21-8-6-15-27-18-21/h3-6,8-18,23,26H,2,7H2,1H3,(H,28,31). The first kappa shape index (κ1) is 22.1. The first-order valence-corrected chi connectivity index (χ1v) is 10.8. The van der Waals surface area contributed by atoms with Crippen molar-refractivity contribution in [2.45, 2.75) is 32.1 Å². The predicted octanol–water partition coefficient (Wildman–Crippen LogP) is 4.39. The predicted molar refractivity (Wildman–Crippen MR) is 123 cm³/mol. The van der Waals surface area contributed by atoms with E-state index in [1.54, 1.807) is 47.9 Å². The van der Waals surface area contributed by atoms with Gasteiger partial charge in [-0.3, -0.25) is 20.0 Å². The van der Waals surface area contributed by atoms with Crippen LogP contribution in [-0.2, 0) is 9.53 Å². The molecule has 2 unspecified atom stereocenters. The second-order valence-corrected chi connectivity index (χ2v) is 7.56. The zero-order valence-corrected chi connectivity index (χ0v) is 18.3.